The number of nitrogens with zero attached hydrogens (tertiary/aromatic N) is 1. The number of aryl methyl sites for hydroxylation is 1. The predicted octanol–water partition coefficient (Wildman–Crippen LogP) is 4.89. The molecule has 1 atom stereocenters. The summed E-state index contributed by atoms with van der Waals surface area (Å²) < 4.78 is 26.6. The molecule has 1 aliphatic rings. The van der Waals surface area contributed by atoms with Gasteiger partial charge in [0.1, 0.15) is 0 Å². The Labute approximate surface area is 150 Å². The number of fused-ring (bicyclic) bond motifs is 2. The number of para-hydroxylation sites is 1. The Morgan fingerprint density at radius 1 is 1.15 bits per heavy atom. The summed E-state index contributed by atoms with van der Waals surface area (Å²) >= 11 is 0. The highest BCUT2D eigenvalue weighted by molar-refractivity contribution is 6.13. The molecule has 1 heterocycles. The van der Waals surface area contributed by atoms with Crippen LogP contribution in [-0.2, 0) is 12.8 Å². The number of rotatable bonds is 2. The van der Waals surface area contributed by atoms with E-state index in [0.29, 0.717) is 11.5 Å². The van der Waals surface area contributed by atoms with Crippen LogP contribution in [0.3, 0.4) is 0 Å². The lowest BCUT2D eigenvalue weighted by atomic mass is 9.84. The van der Waals surface area contributed by atoms with Crippen LogP contribution in [0.5, 0.6) is 0 Å². The number of halogens is 2. The largest absolute Gasteiger partial charge is 0.322 e. The van der Waals surface area contributed by atoms with Gasteiger partial charge in [0.05, 0.1) is 11.1 Å². The Kier molecular flexibility index (Phi) is 4.15. The first-order chi connectivity index (χ1) is 12.5. The van der Waals surface area contributed by atoms with E-state index in [2.05, 4.69) is 12.2 Å². The highest BCUT2D eigenvalue weighted by atomic mass is 19.2. The van der Waals surface area contributed by atoms with Gasteiger partial charge in [-0.3, -0.25) is 9.78 Å². The number of hydrogen-bond donors (Lipinski definition) is 1. The molecule has 132 valence electrons. The smallest absolute Gasteiger partial charge is 0.256 e. The summed E-state index contributed by atoms with van der Waals surface area (Å²) in [7, 11) is 0. The lowest BCUT2D eigenvalue weighted by Crippen LogP contribution is -2.21. The zero-order chi connectivity index (χ0) is 18.3. The lowest BCUT2D eigenvalue weighted by Gasteiger charge is -2.24. The second-order valence-electron chi connectivity index (χ2n) is 6.86. The van der Waals surface area contributed by atoms with Crippen molar-refractivity contribution in [1.82, 2.24) is 4.98 Å². The van der Waals surface area contributed by atoms with Crippen molar-refractivity contribution in [2.75, 3.05) is 5.32 Å². The summed E-state index contributed by atoms with van der Waals surface area (Å²) in [6.07, 6.45) is 2.67. The molecule has 0 fully saturated rings. The minimum Gasteiger partial charge on any atom is -0.322 e. The monoisotopic (exact) mass is 352 g/mol. The van der Waals surface area contributed by atoms with E-state index in [4.69, 9.17) is 4.98 Å². The number of pyridine rings is 1. The topological polar surface area (TPSA) is 42.0 Å². The normalized spacial score (nSPS) is 16.3. The highest BCUT2D eigenvalue weighted by Crippen LogP contribution is 2.32. The number of hydrogen-bond acceptors (Lipinski definition) is 2. The first-order valence-electron chi connectivity index (χ1n) is 8.70. The molecule has 2 aromatic carbocycles. The fraction of sp³-hybridized carbons (Fsp3) is 0.238. The number of carbonyl (C=O) groups excluding carboxylic acids is 1. The molecule has 3 nitrogen and oxygen atoms in total. The van der Waals surface area contributed by atoms with Crippen molar-refractivity contribution >= 4 is 22.5 Å². The minimum absolute atomic E-state index is 0.229. The van der Waals surface area contributed by atoms with Crippen LogP contribution in [0.4, 0.5) is 14.5 Å². The number of aromatic nitrogens is 1. The van der Waals surface area contributed by atoms with Crippen molar-refractivity contribution in [2.45, 2.75) is 26.2 Å². The Balaban J connectivity index is 1.82. The molecule has 5 heteroatoms. The van der Waals surface area contributed by atoms with Crippen molar-refractivity contribution in [3.05, 3.63) is 70.9 Å². The van der Waals surface area contributed by atoms with Gasteiger partial charge < -0.3 is 5.32 Å². The van der Waals surface area contributed by atoms with E-state index in [9.17, 15) is 13.6 Å². The number of carbonyl (C=O) groups is 1. The van der Waals surface area contributed by atoms with Crippen molar-refractivity contribution in [1.29, 1.82) is 0 Å². The van der Waals surface area contributed by atoms with Crippen LogP contribution in [0.25, 0.3) is 10.9 Å². The average molecular weight is 352 g/mol. The molecule has 0 saturated heterocycles. The molecule has 0 unspecified atom stereocenters. The molecule has 26 heavy (non-hydrogen) atoms. The summed E-state index contributed by atoms with van der Waals surface area (Å²) in [5.74, 6) is -1.78. The zero-order valence-electron chi connectivity index (χ0n) is 14.4. The van der Waals surface area contributed by atoms with E-state index in [1.54, 1.807) is 0 Å². The Bertz CT molecular complexity index is 1020. The molecular formula is C21H18F2N2O. The average Bonchev–Trinajstić information content (AvgIpc) is 2.62. The third-order valence-electron chi connectivity index (χ3n) is 4.91. The van der Waals surface area contributed by atoms with Gasteiger partial charge in [0, 0.05) is 22.8 Å². The van der Waals surface area contributed by atoms with Crippen molar-refractivity contribution in [3.8, 4) is 0 Å². The van der Waals surface area contributed by atoms with E-state index in [1.165, 1.54) is 6.07 Å². The molecule has 0 spiro atoms. The van der Waals surface area contributed by atoms with Crippen LogP contribution in [0.2, 0.25) is 0 Å². The molecule has 3 aromatic rings. The van der Waals surface area contributed by atoms with E-state index in [0.717, 1.165) is 53.6 Å². The summed E-state index contributed by atoms with van der Waals surface area (Å²) in [5, 5.41) is 3.49. The van der Waals surface area contributed by atoms with Crippen LogP contribution >= 0.6 is 0 Å². The molecule has 1 aromatic heterocycles. The van der Waals surface area contributed by atoms with Gasteiger partial charge in [-0.1, -0.05) is 25.1 Å². The Morgan fingerprint density at radius 3 is 2.77 bits per heavy atom. The number of nitrogens with one attached hydrogen (secondary N) is 1. The second kappa shape index (κ2) is 6.48. The third kappa shape index (κ3) is 2.94. The maximum Gasteiger partial charge on any atom is 0.256 e. The summed E-state index contributed by atoms with van der Waals surface area (Å²) in [6.45, 7) is 2.16. The third-order valence-corrected chi connectivity index (χ3v) is 4.91. The maximum absolute atomic E-state index is 13.5. The predicted molar refractivity (Wildman–Crippen MR) is 97.2 cm³/mol. The van der Waals surface area contributed by atoms with Gasteiger partial charge in [-0.05, 0) is 48.9 Å². The molecule has 0 saturated carbocycles. The summed E-state index contributed by atoms with van der Waals surface area (Å²) in [4.78, 5) is 17.8. The standard InChI is InChI=1S/C21H18F2N2O/c1-12-6-9-19-15(10-12)20(14-4-2-3-5-18(14)25-19)21(26)24-13-7-8-16(22)17(23)11-13/h2-5,7-8,11-12H,6,9-10H2,1H3,(H,24,26)/t12-/m0/s1. The summed E-state index contributed by atoms with van der Waals surface area (Å²) in [6, 6.07) is 10.9. The highest BCUT2D eigenvalue weighted by Gasteiger charge is 2.25. The van der Waals surface area contributed by atoms with Gasteiger partial charge in [-0.25, -0.2) is 8.78 Å². The Hall–Kier alpha value is -2.82. The van der Waals surface area contributed by atoms with Gasteiger partial charge in [0.15, 0.2) is 11.6 Å². The van der Waals surface area contributed by atoms with Crippen molar-refractivity contribution in [2.24, 2.45) is 5.92 Å². The molecular weight excluding hydrogens is 334 g/mol. The molecule has 4 rings (SSSR count). The van der Waals surface area contributed by atoms with Crippen LogP contribution in [0.15, 0.2) is 42.5 Å². The number of anilines is 1. The molecule has 0 bridgehead atoms. The van der Waals surface area contributed by atoms with E-state index in [-0.39, 0.29) is 11.6 Å². The maximum atomic E-state index is 13.5. The quantitative estimate of drug-likeness (QED) is 0.713. The van der Waals surface area contributed by atoms with Crippen LogP contribution in [0.1, 0.15) is 35.0 Å². The Morgan fingerprint density at radius 2 is 1.96 bits per heavy atom. The number of benzene rings is 2. The fourth-order valence-electron chi connectivity index (χ4n) is 3.59. The van der Waals surface area contributed by atoms with Gasteiger partial charge in [-0.15, -0.1) is 0 Å². The molecule has 1 amide bonds. The first kappa shape index (κ1) is 16.6. The molecule has 1 aliphatic carbocycles. The molecule has 1 N–H and O–H groups in total. The van der Waals surface area contributed by atoms with Gasteiger partial charge in [-0.2, -0.15) is 0 Å². The van der Waals surface area contributed by atoms with Gasteiger partial charge in [0.25, 0.3) is 5.91 Å². The van der Waals surface area contributed by atoms with Gasteiger partial charge >= 0.3 is 0 Å². The van der Waals surface area contributed by atoms with Crippen LogP contribution in [-0.4, -0.2) is 10.9 Å². The van der Waals surface area contributed by atoms with Crippen molar-refractivity contribution in [3.63, 3.8) is 0 Å². The van der Waals surface area contributed by atoms with Crippen LogP contribution in [0, 0.1) is 17.6 Å². The molecule has 0 aliphatic heterocycles. The van der Waals surface area contributed by atoms with E-state index >= 15 is 0 Å². The minimum atomic E-state index is -0.988. The number of amides is 1. The van der Waals surface area contributed by atoms with Gasteiger partial charge in [0.2, 0.25) is 0 Å². The van der Waals surface area contributed by atoms with E-state index < -0.39 is 11.6 Å². The summed E-state index contributed by atoms with van der Waals surface area (Å²) in [5.41, 5.74) is 3.50. The van der Waals surface area contributed by atoms with E-state index in [1.807, 2.05) is 24.3 Å². The fourth-order valence-corrected chi connectivity index (χ4v) is 3.59. The molecule has 0 radical (unpaired) electrons. The van der Waals surface area contributed by atoms with Crippen molar-refractivity contribution < 1.29 is 13.6 Å². The first-order valence-corrected chi connectivity index (χ1v) is 8.70. The second-order valence-corrected chi connectivity index (χ2v) is 6.86. The zero-order valence-corrected chi connectivity index (χ0v) is 14.4. The van der Waals surface area contributed by atoms with Crippen LogP contribution < -0.4 is 5.32 Å². The SMILES string of the molecule is C[C@H]1CCc2nc3ccccc3c(C(=O)Nc3ccc(F)c(F)c3)c2C1. The lowest BCUT2D eigenvalue weighted by molar-refractivity contribution is 0.102.